The minimum Gasteiger partial charge on any atom is -0.496 e. The molecule has 1 aromatic carbocycles. The molecule has 0 fully saturated rings. The van der Waals surface area contributed by atoms with Crippen molar-refractivity contribution in [1.29, 1.82) is 0 Å². The van der Waals surface area contributed by atoms with Crippen LogP contribution >= 0.6 is 0 Å². The predicted molar refractivity (Wildman–Crippen MR) is 77.7 cm³/mol. The van der Waals surface area contributed by atoms with E-state index in [2.05, 4.69) is 32.9 Å². The van der Waals surface area contributed by atoms with Crippen LogP contribution in [0.3, 0.4) is 0 Å². The average molecular weight is 266 g/mol. The van der Waals surface area contributed by atoms with Gasteiger partial charge < -0.3 is 14.9 Å². The number of benzene rings is 1. The van der Waals surface area contributed by atoms with E-state index >= 15 is 0 Å². The molecule has 108 valence electrons. The van der Waals surface area contributed by atoms with Gasteiger partial charge in [0.05, 0.1) is 7.11 Å². The molecule has 0 aliphatic heterocycles. The van der Waals surface area contributed by atoms with Crippen molar-refractivity contribution in [3.05, 3.63) is 29.3 Å². The fraction of sp³-hybridized carbons (Fsp3) is 0.625. The number of aryl methyl sites for hydroxylation is 1. The van der Waals surface area contributed by atoms with Crippen LogP contribution in [-0.2, 0) is 11.8 Å². The van der Waals surface area contributed by atoms with Crippen LogP contribution in [0.15, 0.2) is 18.2 Å². The molecule has 0 saturated carbocycles. The number of hydrogen-bond donors (Lipinski definition) is 2. The Morgan fingerprint density at radius 2 is 1.79 bits per heavy atom. The molecule has 0 aromatic heterocycles. The molecule has 0 saturated heterocycles. The molecule has 1 rings (SSSR count). The maximum absolute atomic E-state index is 9.09. The van der Waals surface area contributed by atoms with Gasteiger partial charge >= 0.3 is 0 Å². The molecule has 0 amide bonds. The van der Waals surface area contributed by atoms with Gasteiger partial charge in [-0.15, -0.1) is 0 Å². The van der Waals surface area contributed by atoms with E-state index in [1.807, 2.05) is 6.07 Å². The van der Waals surface area contributed by atoms with E-state index in [0.717, 1.165) is 18.6 Å². The zero-order valence-corrected chi connectivity index (χ0v) is 12.4. The average Bonchev–Trinajstić information content (AvgIpc) is 2.38. The van der Waals surface area contributed by atoms with Crippen LogP contribution < -0.4 is 4.74 Å². The summed E-state index contributed by atoms with van der Waals surface area (Å²) in [5.41, 5.74) is 2.45. The number of aliphatic hydroxyl groups is 2. The van der Waals surface area contributed by atoms with E-state index in [4.69, 9.17) is 14.9 Å². The zero-order valence-electron chi connectivity index (χ0n) is 12.4. The van der Waals surface area contributed by atoms with Gasteiger partial charge in [-0.25, -0.2) is 0 Å². The van der Waals surface area contributed by atoms with Crippen molar-refractivity contribution in [1.82, 2.24) is 0 Å². The first kappa shape index (κ1) is 16.0. The Kier molecular flexibility index (Phi) is 5.83. The molecule has 0 bridgehead atoms. The molecule has 3 heteroatoms. The highest BCUT2D eigenvalue weighted by molar-refractivity contribution is 5.41. The van der Waals surface area contributed by atoms with Crippen molar-refractivity contribution in [3.8, 4) is 5.75 Å². The van der Waals surface area contributed by atoms with E-state index in [0.29, 0.717) is 0 Å². The summed E-state index contributed by atoms with van der Waals surface area (Å²) in [6, 6.07) is 6.23. The molecule has 3 nitrogen and oxygen atoms in total. The highest BCUT2D eigenvalue weighted by atomic mass is 16.5. The molecule has 1 aromatic rings. The summed E-state index contributed by atoms with van der Waals surface area (Å²) in [5.74, 6) is 0.886. The maximum atomic E-state index is 9.09. The Bertz CT molecular complexity index is 389. The lowest BCUT2D eigenvalue weighted by molar-refractivity contribution is 0.144. The van der Waals surface area contributed by atoms with Gasteiger partial charge in [-0.05, 0) is 35.4 Å². The summed E-state index contributed by atoms with van der Waals surface area (Å²) in [4.78, 5) is 0. The van der Waals surface area contributed by atoms with Gasteiger partial charge in [0.15, 0.2) is 0 Å². The van der Waals surface area contributed by atoms with Crippen LogP contribution in [0.4, 0.5) is 0 Å². The Balaban J connectivity index is 2.87. The number of hydrogen-bond acceptors (Lipinski definition) is 3. The monoisotopic (exact) mass is 266 g/mol. The lowest BCUT2D eigenvalue weighted by atomic mass is 9.84. The largest absolute Gasteiger partial charge is 0.496 e. The first-order chi connectivity index (χ1) is 8.92. The zero-order chi connectivity index (χ0) is 14.5. The third kappa shape index (κ3) is 4.51. The highest BCUT2D eigenvalue weighted by Crippen LogP contribution is 2.32. The normalized spacial score (nSPS) is 11.9. The first-order valence-electron chi connectivity index (χ1n) is 6.81. The second kappa shape index (κ2) is 6.92. The molecule has 0 aliphatic carbocycles. The lowest BCUT2D eigenvalue weighted by Gasteiger charge is -2.23. The summed E-state index contributed by atoms with van der Waals surface area (Å²) in [7, 11) is 1.69. The van der Waals surface area contributed by atoms with Crippen LogP contribution in [0.25, 0.3) is 0 Å². The van der Waals surface area contributed by atoms with Gasteiger partial charge in [-0.2, -0.15) is 0 Å². The first-order valence-corrected chi connectivity index (χ1v) is 6.81. The van der Waals surface area contributed by atoms with Crippen molar-refractivity contribution in [3.63, 3.8) is 0 Å². The number of aliphatic hydroxyl groups excluding tert-OH is 2. The third-order valence-electron chi connectivity index (χ3n) is 3.43. The number of methoxy groups -OCH3 is 1. The van der Waals surface area contributed by atoms with Gasteiger partial charge in [-0.3, -0.25) is 0 Å². The van der Waals surface area contributed by atoms with E-state index in [1.54, 1.807) is 7.11 Å². The van der Waals surface area contributed by atoms with Crippen LogP contribution in [0, 0.1) is 5.92 Å². The van der Waals surface area contributed by atoms with Gasteiger partial charge in [0, 0.05) is 19.1 Å². The van der Waals surface area contributed by atoms with Crippen LogP contribution in [0.2, 0.25) is 0 Å². The molecule has 0 heterocycles. The second-order valence-electron chi connectivity index (χ2n) is 6.05. The van der Waals surface area contributed by atoms with Gasteiger partial charge in [-0.1, -0.05) is 32.9 Å². The van der Waals surface area contributed by atoms with Crippen molar-refractivity contribution < 1.29 is 14.9 Å². The summed E-state index contributed by atoms with van der Waals surface area (Å²) in [5, 5.41) is 18.2. The summed E-state index contributed by atoms with van der Waals surface area (Å²) in [6.07, 6.45) is 1.65. The molecular formula is C16H26O3. The van der Waals surface area contributed by atoms with Gasteiger partial charge in [0.1, 0.15) is 5.75 Å². The standard InChI is InChI=1S/C16H26O3/c1-16(2,3)14-9-12(7-8-15(14)19-4)5-6-13(10-17)11-18/h7-9,13,17-18H,5-6,10-11H2,1-4H3. The summed E-state index contributed by atoms with van der Waals surface area (Å²) >= 11 is 0. The number of rotatable bonds is 6. The van der Waals surface area contributed by atoms with Crippen molar-refractivity contribution in [2.75, 3.05) is 20.3 Å². The molecule has 0 aliphatic rings. The fourth-order valence-corrected chi connectivity index (χ4v) is 2.11. The van der Waals surface area contributed by atoms with Crippen molar-refractivity contribution in [2.24, 2.45) is 5.92 Å². The van der Waals surface area contributed by atoms with Crippen LogP contribution in [-0.4, -0.2) is 30.5 Å². The molecular weight excluding hydrogens is 240 g/mol. The van der Waals surface area contributed by atoms with E-state index in [-0.39, 0.29) is 24.5 Å². The fourth-order valence-electron chi connectivity index (χ4n) is 2.11. The molecule has 0 spiro atoms. The Morgan fingerprint density at radius 1 is 1.16 bits per heavy atom. The molecule has 0 unspecified atom stereocenters. The van der Waals surface area contributed by atoms with E-state index in [1.165, 1.54) is 11.1 Å². The van der Waals surface area contributed by atoms with Crippen LogP contribution in [0.1, 0.15) is 38.3 Å². The molecule has 2 N–H and O–H groups in total. The van der Waals surface area contributed by atoms with Gasteiger partial charge in [0.25, 0.3) is 0 Å². The third-order valence-corrected chi connectivity index (χ3v) is 3.43. The van der Waals surface area contributed by atoms with Crippen LogP contribution in [0.5, 0.6) is 5.75 Å². The summed E-state index contributed by atoms with van der Waals surface area (Å²) in [6.45, 7) is 6.58. The Hall–Kier alpha value is -1.06. The van der Waals surface area contributed by atoms with Gasteiger partial charge in [0.2, 0.25) is 0 Å². The molecule has 0 radical (unpaired) electrons. The quantitative estimate of drug-likeness (QED) is 0.832. The molecule has 19 heavy (non-hydrogen) atoms. The minimum atomic E-state index is -0.0276. The van der Waals surface area contributed by atoms with Crippen molar-refractivity contribution in [2.45, 2.75) is 39.0 Å². The second-order valence-corrected chi connectivity index (χ2v) is 6.05. The minimum absolute atomic E-state index is 0.0276. The number of ether oxygens (including phenoxy) is 1. The lowest BCUT2D eigenvalue weighted by Crippen LogP contribution is -2.14. The highest BCUT2D eigenvalue weighted by Gasteiger charge is 2.19. The van der Waals surface area contributed by atoms with E-state index in [9.17, 15) is 0 Å². The Morgan fingerprint density at radius 3 is 2.26 bits per heavy atom. The Labute approximate surface area is 116 Å². The topological polar surface area (TPSA) is 49.7 Å². The smallest absolute Gasteiger partial charge is 0.122 e. The SMILES string of the molecule is COc1ccc(CCC(CO)CO)cc1C(C)(C)C. The predicted octanol–water partition coefficient (Wildman–Crippen LogP) is 2.53. The maximum Gasteiger partial charge on any atom is 0.122 e. The van der Waals surface area contributed by atoms with E-state index < -0.39 is 0 Å². The van der Waals surface area contributed by atoms with Crippen molar-refractivity contribution >= 4 is 0 Å². The molecule has 0 atom stereocenters. The summed E-state index contributed by atoms with van der Waals surface area (Å²) < 4.78 is 5.41.